The fraction of sp³-hybridized carbons (Fsp3) is 0.556. The van der Waals surface area contributed by atoms with E-state index in [1.807, 2.05) is 12.1 Å². The molecule has 0 bridgehead atoms. The van der Waals surface area contributed by atoms with Crippen molar-refractivity contribution in [2.45, 2.75) is 38.9 Å². The van der Waals surface area contributed by atoms with Gasteiger partial charge in [0.1, 0.15) is 18.5 Å². The lowest BCUT2D eigenvalue weighted by molar-refractivity contribution is -0.165. The topological polar surface area (TPSA) is 71.1 Å². The minimum Gasteiger partial charge on any atom is -0.480 e. The molecular formula is C18H21I3O6. The van der Waals surface area contributed by atoms with E-state index >= 15 is 0 Å². The number of esters is 2. The first-order valence-electron chi connectivity index (χ1n) is 8.51. The quantitative estimate of drug-likeness (QED) is 0.313. The summed E-state index contributed by atoms with van der Waals surface area (Å²) in [6.07, 6.45) is 0.727. The van der Waals surface area contributed by atoms with Gasteiger partial charge in [-0.1, -0.05) is 13.8 Å². The highest BCUT2D eigenvalue weighted by molar-refractivity contribution is 14.1. The number of ether oxygens (including phenoxy) is 4. The predicted octanol–water partition coefficient (Wildman–Crippen LogP) is 4.17. The molecule has 6 nitrogen and oxygen atoms in total. The van der Waals surface area contributed by atoms with E-state index in [0.29, 0.717) is 25.2 Å². The third kappa shape index (κ3) is 7.80. The molecule has 0 N–H and O–H groups in total. The minimum atomic E-state index is -0.454. The SMILES string of the molecule is CC(C)C(=O)O[C@@H]1CCO[C@H](COC(=O)COc2c(I)cc(I)cc2I)C1. The van der Waals surface area contributed by atoms with Crippen molar-refractivity contribution in [2.75, 3.05) is 19.8 Å². The van der Waals surface area contributed by atoms with Gasteiger partial charge in [-0.25, -0.2) is 4.79 Å². The molecule has 0 saturated carbocycles. The van der Waals surface area contributed by atoms with E-state index in [9.17, 15) is 9.59 Å². The van der Waals surface area contributed by atoms with Gasteiger partial charge in [-0.05, 0) is 79.9 Å². The number of carbonyl (C=O) groups is 2. The maximum absolute atomic E-state index is 12.0. The Balaban J connectivity index is 1.76. The molecule has 0 aromatic heterocycles. The van der Waals surface area contributed by atoms with Crippen molar-refractivity contribution in [1.29, 1.82) is 0 Å². The molecule has 1 saturated heterocycles. The van der Waals surface area contributed by atoms with Crippen LogP contribution in [0.1, 0.15) is 26.7 Å². The highest BCUT2D eigenvalue weighted by atomic mass is 127. The summed E-state index contributed by atoms with van der Waals surface area (Å²) in [7, 11) is 0. The first kappa shape index (κ1) is 23.4. The fourth-order valence-corrected chi connectivity index (χ4v) is 6.29. The van der Waals surface area contributed by atoms with E-state index in [-0.39, 0.29) is 37.3 Å². The van der Waals surface area contributed by atoms with Gasteiger partial charge >= 0.3 is 11.9 Å². The number of benzene rings is 1. The van der Waals surface area contributed by atoms with Crippen LogP contribution in [-0.2, 0) is 23.8 Å². The van der Waals surface area contributed by atoms with Crippen LogP contribution in [0.15, 0.2) is 12.1 Å². The van der Waals surface area contributed by atoms with Gasteiger partial charge in [0.25, 0.3) is 0 Å². The van der Waals surface area contributed by atoms with Crippen molar-refractivity contribution in [3.63, 3.8) is 0 Å². The molecule has 1 aromatic rings. The largest absolute Gasteiger partial charge is 0.480 e. The Morgan fingerprint density at radius 1 is 1.22 bits per heavy atom. The van der Waals surface area contributed by atoms with Crippen molar-refractivity contribution in [2.24, 2.45) is 5.92 Å². The molecule has 2 rings (SSSR count). The van der Waals surface area contributed by atoms with Gasteiger partial charge in [-0.2, -0.15) is 0 Å². The van der Waals surface area contributed by atoms with Crippen molar-refractivity contribution >= 4 is 79.7 Å². The second-order valence-corrected chi connectivity index (χ2v) is 9.97. The van der Waals surface area contributed by atoms with Gasteiger partial charge in [-0.3, -0.25) is 4.79 Å². The van der Waals surface area contributed by atoms with Crippen LogP contribution in [-0.4, -0.2) is 44.0 Å². The molecule has 1 aliphatic rings. The van der Waals surface area contributed by atoms with Crippen LogP contribution in [0, 0.1) is 16.6 Å². The summed E-state index contributed by atoms with van der Waals surface area (Å²) in [5.74, 6) is -0.144. The number of carbonyl (C=O) groups excluding carboxylic acids is 2. The van der Waals surface area contributed by atoms with E-state index in [4.69, 9.17) is 18.9 Å². The van der Waals surface area contributed by atoms with E-state index < -0.39 is 5.97 Å². The van der Waals surface area contributed by atoms with Crippen molar-refractivity contribution in [1.82, 2.24) is 0 Å². The van der Waals surface area contributed by atoms with Crippen LogP contribution in [0.2, 0.25) is 0 Å². The summed E-state index contributed by atoms with van der Waals surface area (Å²) in [4.78, 5) is 23.7. The summed E-state index contributed by atoms with van der Waals surface area (Å²) < 4.78 is 24.9. The summed E-state index contributed by atoms with van der Waals surface area (Å²) in [5.41, 5.74) is 0. The molecule has 150 valence electrons. The third-order valence-corrected chi connectivity index (χ3v) is 6.03. The van der Waals surface area contributed by atoms with Crippen LogP contribution in [0.5, 0.6) is 5.75 Å². The normalized spacial score (nSPS) is 19.6. The molecule has 1 fully saturated rings. The standard InChI is InChI=1S/C18H21I3O6/c1-10(2)18(23)27-12-3-4-24-13(7-12)8-25-16(22)9-26-17-14(20)5-11(19)6-15(17)21/h5-6,10,12-13H,3-4,7-9H2,1-2H3/t12-,13+/m1/s1. The Kier molecular flexibility index (Phi) is 9.82. The molecule has 0 amide bonds. The first-order valence-corrected chi connectivity index (χ1v) is 11.7. The van der Waals surface area contributed by atoms with Crippen LogP contribution < -0.4 is 4.74 Å². The molecule has 0 unspecified atom stereocenters. The zero-order chi connectivity index (χ0) is 20.0. The number of halogens is 3. The Labute approximate surface area is 199 Å². The highest BCUT2D eigenvalue weighted by Crippen LogP contribution is 2.29. The second kappa shape index (κ2) is 11.3. The van der Waals surface area contributed by atoms with Gasteiger partial charge in [0.2, 0.25) is 0 Å². The molecule has 1 aliphatic heterocycles. The van der Waals surface area contributed by atoms with Crippen molar-refractivity contribution in [3.8, 4) is 5.75 Å². The van der Waals surface area contributed by atoms with Gasteiger partial charge in [0, 0.05) is 16.4 Å². The maximum atomic E-state index is 12.0. The smallest absolute Gasteiger partial charge is 0.344 e. The molecule has 0 spiro atoms. The predicted molar refractivity (Wildman–Crippen MR) is 125 cm³/mol. The zero-order valence-corrected chi connectivity index (χ0v) is 21.5. The van der Waals surface area contributed by atoms with Crippen molar-refractivity contribution in [3.05, 3.63) is 22.8 Å². The second-order valence-electron chi connectivity index (χ2n) is 6.40. The van der Waals surface area contributed by atoms with E-state index in [1.165, 1.54) is 0 Å². The summed E-state index contributed by atoms with van der Waals surface area (Å²) in [6.45, 7) is 4.05. The molecule has 27 heavy (non-hydrogen) atoms. The van der Waals surface area contributed by atoms with Crippen LogP contribution in [0.3, 0.4) is 0 Å². The van der Waals surface area contributed by atoms with Gasteiger partial charge in [0.15, 0.2) is 6.61 Å². The van der Waals surface area contributed by atoms with Crippen molar-refractivity contribution < 1.29 is 28.5 Å². The molecule has 0 radical (unpaired) electrons. The monoisotopic (exact) mass is 714 g/mol. The summed E-state index contributed by atoms with van der Waals surface area (Å²) in [6, 6.07) is 3.97. The highest BCUT2D eigenvalue weighted by Gasteiger charge is 2.27. The lowest BCUT2D eigenvalue weighted by atomic mass is 10.1. The third-order valence-electron chi connectivity index (χ3n) is 3.80. The molecular weight excluding hydrogens is 693 g/mol. The summed E-state index contributed by atoms with van der Waals surface area (Å²) in [5, 5.41) is 0. The fourth-order valence-electron chi connectivity index (χ4n) is 2.39. The Bertz CT molecular complexity index is 656. The van der Waals surface area contributed by atoms with E-state index in [0.717, 1.165) is 10.7 Å². The number of hydrogen-bond acceptors (Lipinski definition) is 6. The molecule has 1 heterocycles. The molecule has 1 aromatic carbocycles. The number of rotatable bonds is 7. The minimum absolute atomic E-state index is 0.124. The molecule has 0 aliphatic carbocycles. The Morgan fingerprint density at radius 3 is 2.52 bits per heavy atom. The van der Waals surface area contributed by atoms with Gasteiger partial charge in [-0.15, -0.1) is 0 Å². The lowest BCUT2D eigenvalue weighted by Gasteiger charge is -2.29. The molecule has 2 atom stereocenters. The average Bonchev–Trinajstić information content (AvgIpc) is 2.59. The van der Waals surface area contributed by atoms with E-state index in [1.54, 1.807) is 13.8 Å². The first-order chi connectivity index (χ1) is 12.8. The van der Waals surface area contributed by atoms with Crippen LogP contribution in [0.25, 0.3) is 0 Å². The van der Waals surface area contributed by atoms with Crippen LogP contribution >= 0.6 is 67.8 Å². The Morgan fingerprint density at radius 2 is 1.89 bits per heavy atom. The van der Waals surface area contributed by atoms with Crippen LogP contribution in [0.4, 0.5) is 0 Å². The maximum Gasteiger partial charge on any atom is 0.344 e. The number of hydrogen-bond donors (Lipinski definition) is 0. The van der Waals surface area contributed by atoms with Gasteiger partial charge in [0.05, 0.1) is 25.8 Å². The summed E-state index contributed by atoms with van der Waals surface area (Å²) >= 11 is 6.60. The lowest BCUT2D eigenvalue weighted by Crippen LogP contribution is -2.36. The average molecular weight is 714 g/mol. The zero-order valence-electron chi connectivity index (χ0n) is 15.0. The van der Waals surface area contributed by atoms with E-state index in [2.05, 4.69) is 67.8 Å². The molecule has 9 heteroatoms. The van der Waals surface area contributed by atoms with Gasteiger partial charge < -0.3 is 18.9 Å². The Hall–Kier alpha value is 0.110.